The molecule has 0 unspecified atom stereocenters. The summed E-state index contributed by atoms with van der Waals surface area (Å²) in [6.45, 7) is 2.08. The summed E-state index contributed by atoms with van der Waals surface area (Å²) in [5, 5.41) is 2.81. The van der Waals surface area contributed by atoms with Gasteiger partial charge in [0.15, 0.2) is 0 Å². The molecule has 0 saturated heterocycles. The van der Waals surface area contributed by atoms with Crippen molar-refractivity contribution in [2.45, 2.75) is 18.4 Å². The molecule has 2 aromatic carbocycles. The van der Waals surface area contributed by atoms with Crippen LogP contribution in [-0.4, -0.2) is 33.5 Å². The summed E-state index contributed by atoms with van der Waals surface area (Å²) < 4.78 is 32.2. The Morgan fingerprint density at radius 3 is 2.43 bits per heavy atom. The molecule has 156 valence electrons. The van der Waals surface area contributed by atoms with E-state index in [4.69, 9.17) is 4.74 Å². The number of methoxy groups -OCH3 is 1. The average molecular weight is 426 g/mol. The molecule has 3 rings (SSSR count). The number of pyridine rings is 1. The van der Waals surface area contributed by atoms with Gasteiger partial charge in [0.05, 0.1) is 29.9 Å². The van der Waals surface area contributed by atoms with Gasteiger partial charge in [-0.1, -0.05) is 6.07 Å². The van der Waals surface area contributed by atoms with Crippen LogP contribution in [0.4, 0.5) is 5.69 Å². The van der Waals surface area contributed by atoms with Gasteiger partial charge in [-0.3, -0.25) is 14.1 Å². The maximum absolute atomic E-state index is 13.0. The van der Waals surface area contributed by atoms with Crippen LogP contribution in [0.15, 0.2) is 71.8 Å². The predicted molar refractivity (Wildman–Crippen MR) is 115 cm³/mol. The number of sulfonamides is 1. The third-order valence-electron chi connectivity index (χ3n) is 4.67. The van der Waals surface area contributed by atoms with E-state index in [9.17, 15) is 13.2 Å². The van der Waals surface area contributed by atoms with Crippen molar-refractivity contribution in [3.8, 4) is 5.75 Å². The Bertz CT molecular complexity index is 1130. The van der Waals surface area contributed by atoms with Gasteiger partial charge in [-0.25, -0.2) is 8.42 Å². The van der Waals surface area contributed by atoms with Gasteiger partial charge in [0.2, 0.25) is 0 Å². The zero-order valence-electron chi connectivity index (χ0n) is 17.0. The lowest BCUT2D eigenvalue weighted by Gasteiger charge is -2.22. The fourth-order valence-corrected chi connectivity index (χ4v) is 4.22. The Morgan fingerprint density at radius 1 is 1.10 bits per heavy atom. The Kier molecular flexibility index (Phi) is 6.37. The highest BCUT2D eigenvalue weighted by molar-refractivity contribution is 7.92. The summed E-state index contributed by atoms with van der Waals surface area (Å²) in [5.74, 6) is 0.324. The number of aromatic nitrogens is 1. The number of carbonyl (C=O) groups is 1. The molecule has 0 aliphatic rings. The molecular weight excluding hydrogens is 402 g/mol. The molecule has 0 saturated carbocycles. The Hall–Kier alpha value is -3.39. The summed E-state index contributed by atoms with van der Waals surface area (Å²) in [5.41, 5.74) is 2.36. The molecule has 7 nitrogen and oxygen atoms in total. The molecule has 1 aromatic heterocycles. The van der Waals surface area contributed by atoms with Crippen LogP contribution in [0, 0.1) is 6.92 Å². The standard InChI is InChI=1S/C22H23N3O4S/c1-16-14-17(22(26)24-15-18-6-4-5-13-23-18)7-12-21(16)25(2)30(27,28)20-10-8-19(29-3)9-11-20/h4-14H,15H2,1-3H3,(H,24,26). The topological polar surface area (TPSA) is 88.6 Å². The molecule has 8 heteroatoms. The van der Waals surface area contributed by atoms with E-state index in [-0.39, 0.29) is 10.8 Å². The van der Waals surface area contributed by atoms with Crippen LogP contribution < -0.4 is 14.4 Å². The second kappa shape index (κ2) is 8.96. The van der Waals surface area contributed by atoms with Crippen LogP contribution in [0.3, 0.4) is 0 Å². The lowest BCUT2D eigenvalue weighted by molar-refractivity contribution is 0.0950. The molecule has 30 heavy (non-hydrogen) atoms. The number of rotatable bonds is 7. The zero-order valence-corrected chi connectivity index (χ0v) is 17.8. The summed E-state index contributed by atoms with van der Waals surface area (Å²) in [6.07, 6.45) is 1.67. The number of ether oxygens (including phenoxy) is 1. The van der Waals surface area contributed by atoms with Crippen LogP contribution in [0.2, 0.25) is 0 Å². The molecule has 3 aromatic rings. The third kappa shape index (κ3) is 4.60. The second-order valence-electron chi connectivity index (χ2n) is 6.65. The summed E-state index contributed by atoms with van der Waals surface area (Å²) in [6, 6.07) is 16.6. The van der Waals surface area contributed by atoms with Gasteiger partial charge in [-0.15, -0.1) is 0 Å². The zero-order chi connectivity index (χ0) is 21.7. The van der Waals surface area contributed by atoms with Crippen molar-refractivity contribution in [3.05, 3.63) is 83.7 Å². The largest absolute Gasteiger partial charge is 0.497 e. The molecule has 0 aliphatic carbocycles. The van der Waals surface area contributed by atoms with E-state index >= 15 is 0 Å². The lowest BCUT2D eigenvalue weighted by atomic mass is 10.1. The van der Waals surface area contributed by atoms with Crippen LogP contribution in [0.25, 0.3) is 0 Å². The first-order valence-electron chi connectivity index (χ1n) is 9.24. The van der Waals surface area contributed by atoms with E-state index < -0.39 is 10.0 Å². The molecule has 1 N–H and O–H groups in total. The van der Waals surface area contributed by atoms with E-state index in [1.165, 1.54) is 30.6 Å². The summed E-state index contributed by atoms with van der Waals surface area (Å²) in [7, 11) is -0.740. The van der Waals surface area contributed by atoms with Crippen molar-refractivity contribution < 1.29 is 17.9 Å². The number of hydrogen-bond donors (Lipinski definition) is 1. The van der Waals surface area contributed by atoms with E-state index in [0.29, 0.717) is 29.1 Å². The van der Waals surface area contributed by atoms with Gasteiger partial charge in [0, 0.05) is 18.8 Å². The van der Waals surface area contributed by atoms with Crippen molar-refractivity contribution in [1.82, 2.24) is 10.3 Å². The quantitative estimate of drug-likeness (QED) is 0.628. The molecule has 1 heterocycles. The van der Waals surface area contributed by atoms with Crippen LogP contribution in [-0.2, 0) is 16.6 Å². The van der Waals surface area contributed by atoms with Crippen LogP contribution in [0.5, 0.6) is 5.75 Å². The minimum Gasteiger partial charge on any atom is -0.497 e. The van der Waals surface area contributed by atoms with E-state index in [1.54, 1.807) is 43.5 Å². The predicted octanol–water partition coefficient (Wildman–Crippen LogP) is 3.15. The van der Waals surface area contributed by atoms with Gasteiger partial charge < -0.3 is 10.1 Å². The highest BCUT2D eigenvalue weighted by atomic mass is 32.2. The van der Waals surface area contributed by atoms with Gasteiger partial charge in [0.25, 0.3) is 15.9 Å². The first-order valence-corrected chi connectivity index (χ1v) is 10.7. The number of nitrogens with zero attached hydrogens (tertiary/aromatic N) is 2. The number of benzene rings is 2. The molecule has 0 atom stereocenters. The molecule has 0 aliphatic heterocycles. The van der Waals surface area contributed by atoms with E-state index in [0.717, 1.165) is 5.69 Å². The number of aryl methyl sites for hydroxylation is 1. The van der Waals surface area contributed by atoms with Gasteiger partial charge in [-0.05, 0) is 67.1 Å². The monoisotopic (exact) mass is 425 g/mol. The maximum atomic E-state index is 13.0. The molecule has 1 amide bonds. The normalized spacial score (nSPS) is 11.0. The van der Waals surface area contributed by atoms with Gasteiger partial charge in [-0.2, -0.15) is 0 Å². The fourth-order valence-electron chi connectivity index (χ4n) is 2.96. The number of nitrogens with one attached hydrogen (secondary N) is 1. The fraction of sp³-hybridized carbons (Fsp3) is 0.182. The van der Waals surface area contributed by atoms with Crippen LogP contribution >= 0.6 is 0 Å². The highest BCUT2D eigenvalue weighted by Gasteiger charge is 2.23. The van der Waals surface area contributed by atoms with Crippen molar-refractivity contribution in [2.24, 2.45) is 0 Å². The smallest absolute Gasteiger partial charge is 0.264 e. The number of anilines is 1. The summed E-state index contributed by atoms with van der Waals surface area (Å²) in [4.78, 5) is 16.8. The second-order valence-corrected chi connectivity index (χ2v) is 8.62. The van der Waals surface area contributed by atoms with Crippen molar-refractivity contribution >= 4 is 21.6 Å². The molecule has 0 radical (unpaired) electrons. The van der Waals surface area contributed by atoms with Crippen molar-refractivity contribution in [2.75, 3.05) is 18.5 Å². The maximum Gasteiger partial charge on any atom is 0.264 e. The Labute approximate surface area is 176 Å². The SMILES string of the molecule is COc1ccc(S(=O)(=O)N(C)c2ccc(C(=O)NCc3ccccn3)cc2C)cc1. The molecule has 0 bridgehead atoms. The number of carbonyl (C=O) groups excluding carboxylic acids is 1. The first kappa shape index (κ1) is 21.3. The van der Waals surface area contributed by atoms with Gasteiger partial charge in [0.1, 0.15) is 5.75 Å². The number of amides is 1. The average Bonchev–Trinajstić information content (AvgIpc) is 2.77. The Balaban J connectivity index is 1.77. The summed E-state index contributed by atoms with van der Waals surface area (Å²) >= 11 is 0. The molecule has 0 spiro atoms. The molecular formula is C22H23N3O4S. The lowest BCUT2D eigenvalue weighted by Crippen LogP contribution is -2.28. The first-order chi connectivity index (χ1) is 14.3. The van der Waals surface area contributed by atoms with Crippen LogP contribution in [0.1, 0.15) is 21.6 Å². The number of hydrogen-bond acceptors (Lipinski definition) is 5. The van der Waals surface area contributed by atoms with E-state index in [2.05, 4.69) is 10.3 Å². The third-order valence-corrected chi connectivity index (χ3v) is 6.46. The van der Waals surface area contributed by atoms with Crippen molar-refractivity contribution in [3.63, 3.8) is 0 Å². The minimum absolute atomic E-state index is 0.155. The van der Waals surface area contributed by atoms with Crippen molar-refractivity contribution in [1.29, 1.82) is 0 Å². The highest BCUT2D eigenvalue weighted by Crippen LogP contribution is 2.27. The van der Waals surface area contributed by atoms with Gasteiger partial charge >= 0.3 is 0 Å². The minimum atomic E-state index is -3.75. The van der Waals surface area contributed by atoms with E-state index in [1.807, 2.05) is 18.2 Å². The molecule has 0 fully saturated rings. The Morgan fingerprint density at radius 2 is 1.83 bits per heavy atom.